The highest BCUT2D eigenvalue weighted by molar-refractivity contribution is 7.18. The van der Waals surface area contributed by atoms with E-state index in [2.05, 4.69) is 15.0 Å². The van der Waals surface area contributed by atoms with Crippen molar-refractivity contribution < 1.29 is 14.3 Å². The van der Waals surface area contributed by atoms with Crippen LogP contribution in [-0.4, -0.2) is 30.5 Å². The fraction of sp³-hybridized carbons (Fsp3) is 0.375. The molecule has 3 N–H and O–H groups in total. The normalized spacial score (nSPS) is 9.88. The number of aromatic nitrogens is 1. The van der Waals surface area contributed by atoms with E-state index >= 15 is 0 Å². The number of ether oxygens (including phenoxy) is 1. The molecule has 16 heavy (non-hydrogen) atoms. The van der Waals surface area contributed by atoms with E-state index in [1.165, 1.54) is 7.11 Å². The highest BCUT2D eigenvalue weighted by Crippen LogP contribution is 2.27. The number of carbonyl (C=O) groups is 2. The van der Waals surface area contributed by atoms with Gasteiger partial charge < -0.3 is 15.8 Å². The minimum atomic E-state index is -0.537. The summed E-state index contributed by atoms with van der Waals surface area (Å²) >= 11 is 6.79. The summed E-state index contributed by atoms with van der Waals surface area (Å²) in [5.41, 5.74) is 4.97. The highest BCUT2D eigenvalue weighted by Gasteiger charge is 2.16. The summed E-state index contributed by atoms with van der Waals surface area (Å²) in [7, 11) is 1.26. The van der Waals surface area contributed by atoms with Gasteiger partial charge in [0.15, 0.2) is 15.2 Å². The van der Waals surface area contributed by atoms with Crippen LogP contribution >= 0.6 is 22.9 Å². The average Bonchev–Trinajstić information content (AvgIpc) is 2.58. The Balaban J connectivity index is 2.62. The van der Waals surface area contributed by atoms with E-state index < -0.39 is 11.9 Å². The van der Waals surface area contributed by atoms with Crippen molar-refractivity contribution >= 4 is 39.9 Å². The Labute approximate surface area is 101 Å². The van der Waals surface area contributed by atoms with Crippen LogP contribution in [-0.2, 0) is 9.53 Å². The van der Waals surface area contributed by atoms with Gasteiger partial charge >= 0.3 is 5.97 Å². The number of nitrogens with one attached hydrogen (secondary N) is 1. The van der Waals surface area contributed by atoms with Gasteiger partial charge in [0.05, 0.1) is 7.11 Å². The van der Waals surface area contributed by atoms with E-state index in [1.807, 2.05) is 0 Å². The molecule has 0 fully saturated rings. The van der Waals surface area contributed by atoms with E-state index in [9.17, 15) is 9.59 Å². The molecule has 0 aliphatic carbocycles. The second-order valence-corrected chi connectivity index (χ2v) is 4.13. The maximum absolute atomic E-state index is 11.2. The van der Waals surface area contributed by atoms with Crippen molar-refractivity contribution in [3.8, 4) is 0 Å². The minimum Gasteiger partial charge on any atom is -0.465 e. The molecule has 1 aromatic heterocycles. The Kier molecular flexibility index (Phi) is 4.51. The lowest BCUT2D eigenvalue weighted by Crippen LogP contribution is -2.15. The lowest BCUT2D eigenvalue weighted by Gasteiger charge is -1.98. The van der Waals surface area contributed by atoms with Crippen LogP contribution in [0.2, 0.25) is 5.15 Å². The number of thiazole rings is 1. The number of carbonyl (C=O) groups excluding carboxylic acids is 2. The molecule has 0 saturated heterocycles. The molecule has 0 spiro atoms. The summed E-state index contributed by atoms with van der Waals surface area (Å²) in [6, 6.07) is 0. The number of rotatable bonds is 5. The number of nitrogens with zero attached hydrogens (tertiary/aromatic N) is 1. The molecule has 0 radical (unpaired) electrons. The molecular weight excluding hydrogens is 254 g/mol. The van der Waals surface area contributed by atoms with Gasteiger partial charge in [0, 0.05) is 13.0 Å². The lowest BCUT2D eigenvalue weighted by atomic mass is 10.4. The van der Waals surface area contributed by atoms with Crippen LogP contribution in [0.5, 0.6) is 0 Å². The van der Waals surface area contributed by atoms with E-state index in [4.69, 9.17) is 17.3 Å². The second kappa shape index (κ2) is 5.66. The van der Waals surface area contributed by atoms with Crippen molar-refractivity contribution in [1.82, 2.24) is 4.98 Å². The smallest absolute Gasteiger partial charge is 0.351 e. The van der Waals surface area contributed by atoms with Gasteiger partial charge in [-0.15, -0.1) is 0 Å². The van der Waals surface area contributed by atoms with Gasteiger partial charge in [-0.2, -0.15) is 0 Å². The largest absolute Gasteiger partial charge is 0.465 e. The third-order valence-corrected chi connectivity index (χ3v) is 2.98. The highest BCUT2D eigenvalue weighted by atomic mass is 35.5. The maximum Gasteiger partial charge on any atom is 0.351 e. The van der Waals surface area contributed by atoms with Gasteiger partial charge in [-0.3, -0.25) is 4.79 Å². The standard InChI is InChI=1S/C8H10ClN3O3S/c1-15-7(14)5-6(9)12-8(16-5)11-3-2-4(10)13/h2-3H2,1H3,(H2,10,13)(H,11,12). The summed E-state index contributed by atoms with van der Waals surface area (Å²) in [5, 5.41) is 3.36. The van der Waals surface area contributed by atoms with Gasteiger partial charge in [-0.25, -0.2) is 9.78 Å². The predicted octanol–water partition coefficient (Wildman–Crippen LogP) is 0.870. The Morgan fingerprint density at radius 1 is 1.62 bits per heavy atom. The number of amides is 1. The Hall–Kier alpha value is -1.34. The molecule has 0 unspecified atom stereocenters. The van der Waals surface area contributed by atoms with Gasteiger partial charge in [0.25, 0.3) is 0 Å². The molecule has 1 amide bonds. The topological polar surface area (TPSA) is 94.3 Å². The van der Waals surface area contributed by atoms with Crippen LogP contribution in [0.4, 0.5) is 5.13 Å². The maximum atomic E-state index is 11.2. The average molecular weight is 264 g/mol. The van der Waals surface area contributed by atoms with Crippen LogP contribution < -0.4 is 11.1 Å². The number of halogens is 1. The lowest BCUT2D eigenvalue weighted by molar-refractivity contribution is -0.117. The summed E-state index contributed by atoms with van der Waals surface area (Å²) in [4.78, 5) is 25.8. The summed E-state index contributed by atoms with van der Waals surface area (Å²) in [6.45, 7) is 0.347. The molecule has 6 nitrogen and oxygen atoms in total. The van der Waals surface area contributed by atoms with Crippen molar-refractivity contribution in [3.05, 3.63) is 10.0 Å². The number of hydrogen-bond acceptors (Lipinski definition) is 6. The molecule has 1 aromatic rings. The van der Waals surface area contributed by atoms with Crippen molar-refractivity contribution in [2.24, 2.45) is 5.73 Å². The van der Waals surface area contributed by atoms with E-state index in [0.717, 1.165) is 11.3 Å². The summed E-state index contributed by atoms with van der Waals surface area (Å²) in [5.74, 6) is -0.950. The van der Waals surface area contributed by atoms with Crippen LogP contribution in [0.3, 0.4) is 0 Å². The first-order valence-corrected chi connectivity index (χ1v) is 5.51. The molecule has 88 valence electrons. The summed E-state index contributed by atoms with van der Waals surface area (Å²) < 4.78 is 4.52. The molecule has 0 aliphatic heterocycles. The number of esters is 1. The predicted molar refractivity (Wildman–Crippen MR) is 60.8 cm³/mol. The quantitative estimate of drug-likeness (QED) is 0.769. The van der Waals surface area contributed by atoms with Crippen LogP contribution in [0.25, 0.3) is 0 Å². The Morgan fingerprint density at radius 3 is 2.88 bits per heavy atom. The van der Waals surface area contributed by atoms with Gasteiger partial charge in [0.2, 0.25) is 5.91 Å². The molecular formula is C8H10ClN3O3S. The fourth-order valence-corrected chi connectivity index (χ4v) is 2.02. The van der Waals surface area contributed by atoms with Crippen molar-refractivity contribution in [1.29, 1.82) is 0 Å². The monoisotopic (exact) mass is 263 g/mol. The SMILES string of the molecule is COC(=O)c1sc(NCCC(N)=O)nc1Cl. The first-order valence-electron chi connectivity index (χ1n) is 4.31. The van der Waals surface area contributed by atoms with Gasteiger partial charge in [-0.1, -0.05) is 22.9 Å². The number of methoxy groups -OCH3 is 1. The molecule has 0 aliphatic rings. The molecule has 1 rings (SSSR count). The van der Waals surface area contributed by atoms with E-state index in [1.54, 1.807) is 0 Å². The summed E-state index contributed by atoms with van der Waals surface area (Å²) in [6.07, 6.45) is 0.185. The van der Waals surface area contributed by atoms with E-state index in [0.29, 0.717) is 11.7 Å². The molecule has 0 atom stereocenters. The van der Waals surface area contributed by atoms with Gasteiger partial charge in [0.1, 0.15) is 0 Å². The van der Waals surface area contributed by atoms with Crippen LogP contribution in [0, 0.1) is 0 Å². The third kappa shape index (κ3) is 3.35. The molecule has 0 aromatic carbocycles. The first kappa shape index (κ1) is 12.7. The van der Waals surface area contributed by atoms with Crippen molar-refractivity contribution in [3.63, 3.8) is 0 Å². The Morgan fingerprint density at radius 2 is 2.31 bits per heavy atom. The van der Waals surface area contributed by atoms with Crippen LogP contribution in [0.15, 0.2) is 0 Å². The van der Waals surface area contributed by atoms with Crippen LogP contribution in [0.1, 0.15) is 16.1 Å². The first-order chi connectivity index (χ1) is 7.54. The van der Waals surface area contributed by atoms with Crippen molar-refractivity contribution in [2.45, 2.75) is 6.42 Å². The van der Waals surface area contributed by atoms with E-state index in [-0.39, 0.29) is 16.5 Å². The zero-order valence-electron chi connectivity index (χ0n) is 8.45. The third-order valence-electron chi connectivity index (χ3n) is 1.60. The molecule has 8 heteroatoms. The Bertz CT molecular complexity index is 407. The van der Waals surface area contributed by atoms with Gasteiger partial charge in [-0.05, 0) is 0 Å². The second-order valence-electron chi connectivity index (χ2n) is 2.77. The minimum absolute atomic E-state index is 0.0819. The zero-order valence-corrected chi connectivity index (χ0v) is 10.0. The van der Waals surface area contributed by atoms with Crippen molar-refractivity contribution in [2.75, 3.05) is 19.0 Å². The zero-order chi connectivity index (χ0) is 12.1. The number of anilines is 1. The molecule has 1 heterocycles. The number of nitrogens with two attached hydrogens (primary N) is 1. The number of hydrogen-bond donors (Lipinski definition) is 2. The fourth-order valence-electron chi connectivity index (χ4n) is 0.888. The molecule has 0 bridgehead atoms. The number of primary amides is 1. The molecule has 0 saturated carbocycles.